The van der Waals surface area contributed by atoms with Gasteiger partial charge in [0.1, 0.15) is 0 Å². The lowest BCUT2D eigenvalue weighted by atomic mass is 10.1. The van der Waals surface area contributed by atoms with Gasteiger partial charge in [-0.1, -0.05) is 36.4 Å². The van der Waals surface area contributed by atoms with Crippen LogP contribution < -0.4 is 10.0 Å². The van der Waals surface area contributed by atoms with Crippen LogP contribution in [0.25, 0.3) is 6.08 Å². The Balaban J connectivity index is 1.90. The largest absolute Gasteiger partial charge is 0.416 e. The summed E-state index contributed by atoms with van der Waals surface area (Å²) in [6.45, 7) is 3.68. The number of carbonyl (C=O) groups excluding carboxylic acids is 1. The number of amides is 1. The molecule has 9 heteroatoms. The first-order valence-electron chi connectivity index (χ1n) is 9.15. The third kappa shape index (κ3) is 8.00. The van der Waals surface area contributed by atoms with Crippen molar-refractivity contribution >= 4 is 22.0 Å². The lowest BCUT2D eigenvalue weighted by Crippen LogP contribution is -2.31. The molecule has 0 atom stereocenters. The standard InChI is InChI=1S/C21H23F3N2O3S/c1-15(2)26-30(28,29)14-18-8-6-17(7-9-18)13-25-20(27)11-10-16-4-3-5-19(12-16)21(22,23)24/h3-12,15,26H,13-14H2,1-2H3,(H,25,27)/b11-10+. The van der Waals surface area contributed by atoms with Gasteiger partial charge < -0.3 is 5.32 Å². The van der Waals surface area contributed by atoms with Gasteiger partial charge >= 0.3 is 6.18 Å². The molecular weight excluding hydrogens is 417 g/mol. The van der Waals surface area contributed by atoms with Gasteiger partial charge in [-0.3, -0.25) is 4.79 Å². The highest BCUT2D eigenvalue weighted by Crippen LogP contribution is 2.29. The summed E-state index contributed by atoms with van der Waals surface area (Å²) < 4.78 is 64.5. The molecule has 5 nitrogen and oxygen atoms in total. The highest BCUT2D eigenvalue weighted by molar-refractivity contribution is 7.88. The molecule has 0 spiro atoms. The molecule has 0 saturated heterocycles. The Bertz CT molecular complexity index is 999. The van der Waals surface area contributed by atoms with Gasteiger partial charge in [0.15, 0.2) is 0 Å². The van der Waals surface area contributed by atoms with Crippen molar-refractivity contribution in [2.45, 2.75) is 38.4 Å². The summed E-state index contributed by atoms with van der Waals surface area (Å²) in [6.07, 6.45) is -1.98. The summed E-state index contributed by atoms with van der Waals surface area (Å²) in [5.74, 6) is -0.599. The van der Waals surface area contributed by atoms with E-state index in [1.807, 2.05) is 0 Å². The Morgan fingerprint density at radius 3 is 2.30 bits per heavy atom. The van der Waals surface area contributed by atoms with Crippen molar-refractivity contribution in [2.24, 2.45) is 0 Å². The van der Waals surface area contributed by atoms with Gasteiger partial charge in [-0.25, -0.2) is 13.1 Å². The Hall–Kier alpha value is -2.65. The Morgan fingerprint density at radius 1 is 1.07 bits per heavy atom. The molecule has 30 heavy (non-hydrogen) atoms. The molecule has 0 fully saturated rings. The maximum absolute atomic E-state index is 12.7. The zero-order valence-electron chi connectivity index (χ0n) is 16.5. The van der Waals surface area contributed by atoms with E-state index in [9.17, 15) is 26.4 Å². The van der Waals surface area contributed by atoms with E-state index < -0.39 is 27.7 Å². The summed E-state index contributed by atoms with van der Waals surface area (Å²) in [6, 6.07) is 11.2. The quantitative estimate of drug-likeness (QED) is 0.612. The smallest absolute Gasteiger partial charge is 0.348 e. The van der Waals surface area contributed by atoms with E-state index in [2.05, 4.69) is 10.0 Å². The summed E-state index contributed by atoms with van der Waals surface area (Å²) >= 11 is 0. The number of benzene rings is 2. The maximum Gasteiger partial charge on any atom is 0.416 e. The molecule has 2 N–H and O–H groups in total. The van der Waals surface area contributed by atoms with Gasteiger partial charge in [-0.05, 0) is 48.7 Å². The highest BCUT2D eigenvalue weighted by Gasteiger charge is 2.30. The van der Waals surface area contributed by atoms with Crippen molar-refractivity contribution in [3.05, 3.63) is 76.9 Å². The molecule has 0 heterocycles. The molecule has 0 unspecified atom stereocenters. The van der Waals surface area contributed by atoms with Crippen LogP contribution >= 0.6 is 0 Å². The normalized spacial score (nSPS) is 12.5. The molecule has 0 aliphatic rings. The zero-order chi connectivity index (χ0) is 22.4. The number of carbonyl (C=O) groups is 1. The van der Waals surface area contributed by atoms with Crippen molar-refractivity contribution < 1.29 is 26.4 Å². The molecule has 162 valence electrons. The average molecular weight is 440 g/mol. The average Bonchev–Trinajstić information content (AvgIpc) is 2.64. The minimum Gasteiger partial charge on any atom is -0.348 e. The van der Waals surface area contributed by atoms with Crippen LogP contribution in [0, 0.1) is 0 Å². The zero-order valence-corrected chi connectivity index (χ0v) is 17.3. The van der Waals surface area contributed by atoms with Gasteiger partial charge in [-0.2, -0.15) is 13.2 Å². The summed E-state index contributed by atoms with van der Waals surface area (Å²) in [5.41, 5.74) is 0.854. The highest BCUT2D eigenvalue weighted by atomic mass is 32.2. The van der Waals surface area contributed by atoms with Crippen LogP contribution in [0.15, 0.2) is 54.6 Å². The molecule has 1 amide bonds. The van der Waals surface area contributed by atoms with Crippen LogP contribution in [0.4, 0.5) is 13.2 Å². The molecule has 2 aromatic carbocycles. The van der Waals surface area contributed by atoms with Gasteiger partial charge in [0.05, 0.1) is 11.3 Å². The van der Waals surface area contributed by atoms with Crippen molar-refractivity contribution in [3.63, 3.8) is 0 Å². The minimum atomic E-state index is -4.44. The van der Waals surface area contributed by atoms with Crippen LogP contribution in [-0.4, -0.2) is 20.4 Å². The Labute approximate surface area is 174 Å². The number of hydrogen-bond donors (Lipinski definition) is 2. The third-order valence-electron chi connectivity index (χ3n) is 3.90. The number of sulfonamides is 1. The SMILES string of the molecule is CC(C)NS(=O)(=O)Cc1ccc(CNC(=O)/C=C/c2cccc(C(F)(F)F)c2)cc1. The second-order valence-electron chi connectivity index (χ2n) is 7.02. The van der Waals surface area contributed by atoms with Crippen molar-refractivity contribution in [3.8, 4) is 0 Å². The summed E-state index contributed by atoms with van der Waals surface area (Å²) in [5, 5.41) is 2.63. The summed E-state index contributed by atoms with van der Waals surface area (Å²) in [7, 11) is -3.42. The van der Waals surface area contributed by atoms with Crippen LogP contribution in [0.2, 0.25) is 0 Å². The van der Waals surface area contributed by atoms with E-state index >= 15 is 0 Å². The minimum absolute atomic E-state index is 0.141. The van der Waals surface area contributed by atoms with Crippen LogP contribution in [0.5, 0.6) is 0 Å². The number of hydrogen-bond acceptors (Lipinski definition) is 3. The van der Waals surface area contributed by atoms with E-state index in [-0.39, 0.29) is 23.9 Å². The molecule has 0 aliphatic heterocycles. The van der Waals surface area contributed by atoms with E-state index in [4.69, 9.17) is 0 Å². The fourth-order valence-corrected chi connectivity index (χ4v) is 4.05. The molecule has 2 aromatic rings. The second-order valence-corrected chi connectivity index (χ2v) is 8.78. The first kappa shape index (κ1) is 23.6. The molecule has 0 bridgehead atoms. The van der Waals surface area contributed by atoms with Crippen molar-refractivity contribution in [1.82, 2.24) is 10.0 Å². The maximum atomic E-state index is 12.7. The van der Waals surface area contributed by atoms with Crippen LogP contribution in [0.3, 0.4) is 0 Å². The first-order valence-corrected chi connectivity index (χ1v) is 10.8. The second kappa shape index (κ2) is 9.90. The van der Waals surface area contributed by atoms with E-state index in [1.54, 1.807) is 38.1 Å². The molecule has 2 rings (SSSR count). The first-order chi connectivity index (χ1) is 13.9. The Morgan fingerprint density at radius 2 is 1.70 bits per heavy atom. The number of nitrogens with one attached hydrogen (secondary N) is 2. The monoisotopic (exact) mass is 440 g/mol. The number of alkyl halides is 3. The molecule has 0 saturated carbocycles. The van der Waals surface area contributed by atoms with Gasteiger partial charge in [0.25, 0.3) is 0 Å². The molecule has 0 radical (unpaired) electrons. The number of halogens is 3. The third-order valence-corrected chi connectivity index (χ3v) is 5.45. The molecule has 0 aromatic heterocycles. The van der Waals surface area contributed by atoms with Crippen LogP contribution in [-0.2, 0) is 33.3 Å². The lowest BCUT2D eigenvalue weighted by molar-refractivity contribution is -0.137. The lowest BCUT2D eigenvalue weighted by Gasteiger charge is -2.10. The van der Waals surface area contributed by atoms with Crippen molar-refractivity contribution in [1.29, 1.82) is 0 Å². The molecular formula is C21H23F3N2O3S. The van der Waals surface area contributed by atoms with E-state index in [0.717, 1.165) is 23.8 Å². The fraction of sp³-hybridized carbons (Fsp3) is 0.286. The topological polar surface area (TPSA) is 75.3 Å². The predicted octanol–water partition coefficient (Wildman–Crippen LogP) is 3.86. The summed E-state index contributed by atoms with van der Waals surface area (Å²) in [4.78, 5) is 11.9. The van der Waals surface area contributed by atoms with Crippen LogP contribution in [0.1, 0.15) is 36.1 Å². The van der Waals surface area contributed by atoms with Crippen molar-refractivity contribution in [2.75, 3.05) is 0 Å². The predicted molar refractivity (Wildman–Crippen MR) is 110 cm³/mol. The van der Waals surface area contributed by atoms with E-state index in [0.29, 0.717) is 5.56 Å². The van der Waals surface area contributed by atoms with Gasteiger partial charge in [-0.15, -0.1) is 0 Å². The number of rotatable bonds is 8. The Kier molecular flexibility index (Phi) is 7.80. The molecule has 0 aliphatic carbocycles. The fourth-order valence-electron chi connectivity index (χ4n) is 2.61. The van der Waals surface area contributed by atoms with E-state index in [1.165, 1.54) is 18.2 Å². The van der Waals surface area contributed by atoms with Gasteiger partial charge in [0.2, 0.25) is 15.9 Å². The van der Waals surface area contributed by atoms with Gasteiger partial charge in [0, 0.05) is 18.7 Å².